The van der Waals surface area contributed by atoms with Crippen LogP contribution in [0.4, 0.5) is 23.0 Å². The molecule has 0 aliphatic carbocycles. The predicted octanol–water partition coefficient (Wildman–Crippen LogP) is 3.98. The van der Waals surface area contributed by atoms with E-state index < -0.39 is 17.0 Å². The van der Waals surface area contributed by atoms with Gasteiger partial charge in [-0.2, -0.15) is 0 Å². The van der Waals surface area contributed by atoms with Crippen molar-refractivity contribution in [2.24, 2.45) is 0 Å². The molecule has 0 radical (unpaired) electrons. The molecule has 0 unspecified atom stereocenters. The molecule has 39 heavy (non-hydrogen) atoms. The van der Waals surface area contributed by atoms with Gasteiger partial charge in [0.15, 0.2) is 0 Å². The van der Waals surface area contributed by atoms with Crippen molar-refractivity contribution < 1.29 is 19.4 Å². The van der Waals surface area contributed by atoms with E-state index in [1.54, 1.807) is 34.7 Å². The van der Waals surface area contributed by atoms with E-state index in [1.165, 1.54) is 19.8 Å². The van der Waals surface area contributed by atoms with E-state index in [0.29, 0.717) is 5.69 Å². The molecule has 2 aromatic carbocycles. The molecule has 5 N–H and O–H groups in total. The quantitative estimate of drug-likeness (QED) is 0.207. The van der Waals surface area contributed by atoms with E-state index in [-0.39, 0.29) is 5.97 Å². The number of methoxy groups -OCH3 is 1. The van der Waals surface area contributed by atoms with Crippen molar-refractivity contribution in [2.45, 2.75) is 38.8 Å². The summed E-state index contributed by atoms with van der Waals surface area (Å²) in [4.78, 5) is 39.5. The van der Waals surface area contributed by atoms with Gasteiger partial charge < -0.3 is 31.1 Å². The number of fused-ring (bicyclic) bond motifs is 2. The van der Waals surface area contributed by atoms with Crippen molar-refractivity contribution in [3.05, 3.63) is 49.1 Å². The predicted molar refractivity (Wildman–Crippen MR) is 153 cm³/mol. The first-order valence-corrected chi connectivity index (χ1v) is 12.1. The van der Waals surface area contributed by atoms with Crippen LogP contribution in [0.5, 0.6) is 0 Å². The van der Waals surface area contributed by atoms with Crippen molar-refractivity contribution in [1.82, 2.24) is 19.9 Å². The Morgan fingerprint density at radius 2 is 1.18 bits per heavy atom. The molecule has 0 amide bonds. The van der Waals surface area contributed by atoms with Gasteiger partial charge in [-0.05, 0) is 64.1 Å². The van der Waals surface area contributed by atoms with Crippen LogP contribution in [-0.4, -0.2) is 69.3 Å². The Labute approximate surface area is 226 Å². The number of carboxylic acids is 1. The van der Waals surface area contributed by atoms with Crippen LogP contribution in [0.2, 0.25) is 0 Å². The number of nitrogens with one attached hydrogen (secondary N) is 4. The van der Waals surface area contributed by atoms with Crippen molar-refractivity contribution in [3.63, 3.8) is 0 Å². The largest absolute Gasteiger partial charge is 0.480 e. The van der Waals surface area contributed by atoms with Gasteiger partial charge in [-0.1, -0.05) is 0 Å². The molecular weight excluding hydrogens is 500 g/mol. The third kappa shape index (κ3) is 6.78. The number of hydrogen-bond acceptors (Lipinski definition) is 11. The number of rotatable bonds is 8. The smallest absolute Gasteiger partial charge is 0.330 e. The number of aliphatic carboxylic acids is 1. The molecule has 0 atom stereocenters. The van der Waals surface area contributed by atoms with E-state index in [2.05, 4.69) is 41.2 Å². The van der Waals surface area contributed by atoms with Crippen molar-refractivity contribution >= 4 is 56.8 Å². The van der Waals surface area contributed by atoms with Gasteiger partial charge in [-0.15, -0.1) is 0 Å². The Balaban J connectivity index is 0.000000216. The summed E-state index contributed by atoms with van der Waals surface area (Å²) in [5.74, 6) is 0.283. The van der Waals surface area contributed by atoms with Crippen LogP contribution in [0, 0.1) is 0 Å². The average molecular weight is 535 g/mol. The fourth-order valence-corrected chi connectivity index (χ4v) is 3.75. The summed E-state index contributed by atoms with van der Waals surface area (Å²) < 4.78 is 4.77. The molecule has 206 valence electrons. The van der Waals surface area contributed by atoms with Crippen LogP contribution in [0.25, 0.3) is 21.8 Å². The summed E-state index contributed by atoms with van der Waals surface area (Å²) in [6.45, 7) is 6.75. The zero-order valence-electron chi connectivity index (χ0n) is 23.1. The summed E-state index contributed by atoms with van der Waals surface area (Å²) >= 11 is 0. The normalized spacial score (nSPS) is 11.3. The lowest BCUT2D eigenvalue weighted by Crippen LogP contribution is -2.41. The second kappa shape index (κ2) is 11.8. The Bertz CT molecular complexity index is 1490. The van der Waals surface area contributed by atoms with Gasteiger partial charge in [-0.25, -0.2) is 29.5 Å². The summed E-state index contributed by atoms with van der Waals surface area (Å²) in [6, 6.07) is 11.2. The Morgan fingerprint density at radius 3 is 1.56 bits per heavy atom. The molecule has 0 fully saturated rings. The van der Waals surface area contributed by atoms with E-state index in [4.69, 9.17) is 9.84 Å². The highest BCUT2D eigenvalue weighted by molar-refractivity contribution is 5.93. The van der Waals surface area contributed by atoms with Crippen LogP contribution in [0.3, 0.4) is 0 Å². The van der Waals surface area contributed by atoms with E-state index in [0.717, 1.165) is 39.1 Å². The molecule has 4 rings (SSSR count). The summed E-state index contributed by atoms with van der Waals surface area (Å²) in [6.07, 6.45) is 2.98. The Hall–Kier alpha value is -4.74. The highest BCUT2D eigenvalue weighted by atomic mass is 16.5. The summed E-state index contributed by atoms with van der Waals surface area (Å²) in [7, 11) is 4.98. The van der Waals surface area contributed by atoms with Gasteiger partial charge in [0.25, 0.3) is 0 Å². The number of benzene rings is 2. The molecule has 2 aromatic heterocycles. The molecular formula is C27H34N8O4. The minimum absolute atomic E-state index is 0.323. The number of carboxylic acid groups (broad SMARTS) is 1. The Kier molecular flexibility index (Phi) is 8.69. The number of esters is 1. The summed E-state index contributed by atoms with van der Waals surface area (Å²) in [5.41, 5.74) is 1.23. The minimum atomic E-state index is -1.04. The number of carbonyl (C=O) groups is 2. The SMILES string of the molecule is CNc1ncnc2cc(NC(C)(C)C(=O)O)ccc12.CNc1ncnc2cc(NC(C)(C)C(=O)OC)ccc12. The van der Waals surface area contributed by atoms with Crippen molar-refractivity contribution in [1.29, 1.82) is 0 Å². The maximum atomic E-state index is 11.7. The third-order valence-corrected chi connectivity index (χ3v) is 5.89. The molecule has 12 heteroatoms. The molecule has 0 bridgehead atoms. The van der Waals surface area contributed by atoms with Crippen molar-refractivity contribution in [3.8, 4) is 0 Å². The number of carbonyl (C=O) groups excluding carboxylic acids is 1. The fourth-order valence-electron chi connectivity index (χ4n) is 3.75. The average Bonchev–Trinajstić information content (AvgIpc) is 2.91. The maximum absolute atomic E-state index is 11.7. The van der Waals surface area contributed by atoms with Gasteiger partial charge in [0.1, 0.15) is 35.4 Å². The van der Waals surface area contributed by atoms with Crippen LogP contribution in [0.15, 0.2) is 49.1 Å². The van der Waals surface area contributed by atoms with Crippen LogP contribution < -0.4 is 21.3 Å². The lowest BCUT2D eigenvalue weighted by Gasteiger charge is -2.24. The maximum Gasteiger partial charge on any atom is 0.330 e. The second-order valence-corrected chi connectivity index (χ2v) is 9.71. The molecule has 12 nitrogen and oxygen atoms in total. The van der Waals surface area contributed by atoms with Crippen LogP contribution in [0.1, 0.15) is 27.7 Å². The molecule has 0 aliphatic rings. The highest BCUT2D eigenvalue weighted by Gasteiger charge is 2.28. The second-order valence-electron chi connectivity index (χ2n) is 9.71. The van der Waals surface area contributed by atoms with Gasteiger partial charge in [0, 0.05) is 36.2 Å². The monoisotopic (exact) mass is 534 g/mol. The van der Waals surface area contributed by atoms with E-state index in [9.17, 15) is 9.59 Å². The molecule has 0 spiro atoms. The molecule has 0 saturated heterocycles. The lowest BCUT2D eigenvalue weighted by molar-refractivity contribution is -0.144. The number of anilines is 4. The van der Waals surface area contributed by atoms with Crippen molar-refractivity contribution in [2.75, 3.05) is 42.5 Å². The minimum Gasteiger partial charge on any atom is -0.480 e. The van der Waals surface area contributed by atoms with Gasteiger partial charge in [0.2, 0.25) is 0 Å². The first kappa shape index (κ1) is 28.8. The summed E-state index contributed by atoms with van der Waals surface area (Å²) in [5, 5.41) is 23.0. The highest BCUT2D eigenvalue weighted by Crippen LogP contribution is 2.25. The number of hydrogen-bond donors (Lipinski definition) is 5. The van der Waals surface area contributed by atoms with E-state index >= 15 is 0 Å². The number of aromatic nitrogens is 4. The zero-order valence-corrected chi connectivity index (χ0v) is 23.1. The molecule has 2 heterocycles. The topological polar surface area (TPSA) is 163 Å². The van der Waals surface area contributed by atoms with Crippen LogP contribution >= 0.6 is 0 Å². The molecule has 0 aliphatic heterocycles. The van der Waals surface area contributed by atoms with E-state index in [1.807, 2.05) is 43.4 Å². The first-order chi connectivity index (χ1) is 18.4. The van der Waals surface area contributed by atoms with Gasteiger partial charge >= 0.3 is 11.9 Å². The van der Waals surface area contributed by atoms with Gasteiger partial charge in [0.05, 0.1) is 18.1 Å². The molecule has 0 saturated carbocycles. The fraction of sp³-hybridized carbons (Fsp3) is 0.333. The lowest BCUT2D eigenvalue weighted by atomic mass is 10.1. The molecule has 4 aromatic rings. The first-order valence-electron chi connectivity index (χ1n) is 12.1. The Morgan fingerprint density at radius 1 is 0.744 bits per heavy atom. The van der Waals surface area contributed by atoms with Gasteiger partial charge in [-0.3, -0.25) is 0 Å². The number of nitrogens with zero attached hydrogens (tertiary/aromatic N) is 4. The van der Waals surface area contributed by atoms with Crippen LogP contribution in [-0.2, 0) is 14.3 Å². The third-order valence-electron chi connectivity index (χ3n) is 5.89. The number of ether oxygens (including phenoxy) is 1. The zero-order chi connectivity index (χ0) is 28.8. The standard InChI is InChI=1S/C14H18N4O2.C13H16N4O2/c1-14(2,13(19)20-4)18-9-5-6-10-11(7-9)16-8-17-12(10)15-3;1-13(2,12(18)19)17-8-4-5-9-10(6-8)15-7-16-11(9)14-3/h5-8,18H,1-4H3,(H,15,16,17);4-7,17H,1-3H3,(H,18,19)(H,14,15,16).